The van der Waals surface area contributed by atoms with Gasteiger partial charge in [0.15, 0.2) is 0 Å². The third-order valence-electron chi connectivity index (χ3n) is 9.50. The van der Waals surface area contributed by atoms with E-state index < -0.39 is 10.9 Å². The Morgan fingerprint density at radius 1 is 0.292 bits per heavy atom. The zero-order valence-corrected chi connectivity index (χ0v) is 28.6. The predicted molar refractivity (Wildman–Crippen MR) is 209 cm³/mol. The van der Waals surface area contributed by atoms with Crippen LogP contribution in [0.1, 0.15) is 0 Å². The molecule has 0 heterocycles. The van der Waals surface area contributed by atoms with Crippen molar-refractivity contribution in [1.82, 2.24) is 0 Å². The third kappa shape index (κ3) is 4.30. The van der Waals surface area contributed by atoms with Gasteiger partial charge < -0.3 is 0 Å². The molecule has 0 aliphatic rings. The summed E-state index contributed by atoms with van der Waals surface area (Å²) in [6.45, 7) is 0. The first-order valence-corrected chi connectivity index (χ1v) is 17.3. The van der Waals surface area contributed by atoms with Gasteiger partial charge in [-0.15, -0.1) is 0 Å². The number of rotatable bonds is 4. The summed E-state index contributed by atoms with van der Waals surface area (Å²) >= 11 is 7.34. The van der Waals surface area contributed by atoms with Gasteiger partial charge in [0.05, 0.1) is 0 Å². The Morgan fingerprint density at radius 2 is 0.625 bits per heavy atom. The number of hydrogen-bond donors (Lipinski definition) is 0. The molecule has 0 N–H and O–H groups in total. The van der Waals surface area contributed by atoms with Gasteiger partial charge in [-0.1, -0.05) is 153 Å². The van der Waals surface area contributed by atoms with E-state index in [2.05, 4.69) is 141 Å². The highest BCUT2D eigenvalue weighted by Crippen LogP contribution is 2.55. The van der Waals surface area contributed by atoms with Crippen molar-refractivity contribution >= 4 is 74.9 Å². The first-order chi connectivity index (χ1) is 23.5. The summed E-state index contributed by atoms with van der Waals surface area (Å²) in [5.74, 6) is 0. The van der Waals surface area contributed by atoms with Gasteiger partial charge in [0.25, 0.3) is 0 Å². The smallest absolute Gasteiger partial charge is 0.234 e. The highest BCUT2D eigenvalue weighted by molar-refractivity contribution is 9.10. The molecule has 0 saturated carbocycles. The predicted octanol–water partition coefficient (Wildman–Crippen LogP) is 12.1. The Balaban J connectivity index is 1.70. The van der Waals surface area contributed by atoms with Crippen molar-refractivity contribution in [1.29, 1.82) is 0 Å². The topological polar surface area (TPSA) is 34.1 Å². The lowest BCUT2D eigenvalue weighted by Gasteiger charge is -2.27. The minimum absolute atomic E-state index is 0.455. The van der Waals surface area contributed by atoms with Crippen LogP contribution in [0.5, 0.6) is 0 Å². The average Bonchev–Trinajstić information content (AvgIpc) is 3.13. The lowest BCUT2D eigenvalue weighted by molar-refractivity contribution is 1.56. The molecule has 48 heavy (non-hydrogen) atoms. The fourth-order valence-corrected chi connectivity index (χ4v) is 8.10. The highest BCUT2D eigenvalue weighted by atomic mass is 79.9. The number of fused-ring (bicyclic) bond motifs is 3. The Bertz CT molecular complexity index is 2600. The minimum Gasteiger partial charge on any atom is -0.285 e. The first-order valence-electron chi connectivity index (χ1n) is 15.7. The van der Waals surface area contributed by atoms with Crippen LogP contribution in [0.2, 0.25) is 0 Å². The van der Waals surface area contributed by atoms with Gasteiger partial charge in [0, 0.05) is 30.5 Å². The van der Waals surface area contributed by atoms with Gasteiger partial charge >= 0.3 is 0 Å². The molecule has 9 aromatic carbocycles. The van der Waals surface area contributed by atoms with Crippen molar-refractivity contribution in [2.45, 2.75) is 0 Å². The first kappa shape index (κ1) is 29.0. The Hall–Kier alpha value is -5.16. The molecule has 0 aliphatic carbocycles. The molecule has 0 aromatic heterocycles. The summed E-state index contributed by atoms with van der Waals surface area (Å²) in [4.78, 5) is 27.3. The van der Waals surface area contributed by atoms with Gasteiger partial charge in [0.1, 0.15) is 0 Å². The fourth-order valence-electron chi connectivity index (χ4n) is 7.57. The Kier molecular flexibility index (Phi) is 6.79. The van der Waals surface area contributed by atoms with Gasteiger partial charge in [-0.2, -0.15) is 0 Å². The molecule has 0 bridgehead atoms. The zero-order valence-electron chi connectivity index (χ0n) is 25.4. The van der Waals surface area contributed by atoms with Crippen molar-refractivity contribution in [3.05, 3.63) is 175 Å². The Morgan fingerprint density at radius 3 is 1.00 bits per heavy atom. The molecule has 4 heteroatoms. The molecule has 0 atom stereocenters. The molecule has 0 amide bonds. The van der Waals surface area contributed by atoms with Crippen LogP contribution in [-0.4, -0.2) is 0 Å². The van der Waals surface area contributed by atoms with Gasteiger partial charge in [0.2, 0.25) is 10.9 Å². The van der Waals surface area contributed by atoms with E-state index in [1.807, 2.05) is 24.3 Å². The van der Waals surface area contributed by atoms with E-state index in [0.29, 0.717) is 10.8 Å². The number of benzene rings is 9. The molecule has 0 aliphatic heterocycles. The van der Waals surface area contributed by atoms with Crippen LogP contribution in [0.3, 0.4) is 0 Å². The van der Waals surface area contributed by atoms with Crippen LogP contribution >= 0.6 is 31.9 Å². The van der Waals surface area contributed by atoms with Crippen molar-refractivity contribution in [2.24, 2.45) is 0 Å². The van der Waals surface area contributed by atoms with E-state index >= 15 is 0 Å². The molecule has 0 fully saturated rings. The molecule has 9 aromatic rings. The van der Waals surface area contributed by atoms with E-state index in [0.717, 1.165) is 85.8 Å². The van der Waals surface area contributed by atoms with E-state index in [1.54, 1.807) is 12.1 Å². The van der Waals surface area contributed by atoms with Crippen LogP contribution in [0.4, 0.5) is 0 Å². The van der Waals surface area contributed by atoms with Crippen LogP contribution in [0.25, 0.3) is 87.6 Å². The van der Waals surface area contributed by atoms with Crippen molar-refractivity contribution in [3.8, 4) is 44.5 Å². The standard InChI is InChI=1S/C44H24Br2O2/c45-29-21-17-27(18-22-29)35-36(28-19-23-30(46)24-20-28)38(26-11-5-2-6-12-26)42-32-14-8-16-34-40(32)39-31(13-7-15-33(39)43(47)44(34)48)41(42)37(35)25-9-3-1-4-10-25/h1-24H. The van der Waals surface area contributed by atoms with E-state index in [-0.39, 0.29) is 0 Å². The largest absolute Gasteiger partial charge is 0.285 e. The second-order valence-electron chi connectivity index (χ2n) is 12.1. The Labute approximate surface area is 292 Å². The van der Waals surface area contributed by atoms with Crippen LogP contribution in [-0.2, 0) is 0 Å². The van der Waals surface area contributed by atoms with Crippen LogP contribution in [0, 0.1) is 0 Å². The lowest BCUT2D eigenvalue weighted by atomic mass is 9.76. The summed E-state index contributed by atoms with van der Waals surface area (Å²) in [6.07, 6.45) is 0. The molecule has 0 unspecified atom stereocenters. The quantitative estimate of drug-likeness (QED) is 0.102. The van der Waals surface area contributed by atoms with E-state index in [9.17, 15) is 9.59 Å². The molecular formula is C44H24Br2O2. The van der Waals surface area contributed by atoms with E-state index in [1.165, 1.54) is 0 Å². The lowest BCUT2D eigenvalue weighted by Crippen LogP contribution is -2.24. The normalized spacial score (nSPS) is 11.7. The maximum Gasteiger partial charge on any atom is 0.234 e. The molecule has 2 nitrogen and oxygen atoms in total. The SMILES string of the molecule is O=c1c(=O)c2cccc3c4c(-c5ccccc5)c(-c5ccc(Br)cc5)c(-c5ccc(Br)cc5)c(-c5ccccc5)c4c4cccc1c4c23. The maximum absolute atomic E-state index is 13.7. The monoisotopic (exact) mass is 742 g/mol. The van der Waals surface area contributed by atoms with Crippen molar-refractivity contribution < 1.29 is 0 Å². The minimum atomic E-state index is -0.455. The second-order valence-corrected chi connectivity index (χ2v) is 13.9. The fraction of sp³-hybridized carbons (Fsp3) is 0. The highest BCUT2D eigenvalue weighted by Gasteiger charge is 2.28. The summed E-state index contributed by atoms with van der Waals surface area (Å²) in [5, 5.41) is 6.64. The van der Waals surface area contributed by atoms with Gasteiger partial charge in [-0.3, -0.25) is 9.59 Å². The summed E-state index contributed by atoms with van der Waals surface area (Å²) < 4.78 is 2.00. The molecule has 9 rings (SSSR count). The number of halogens is 2. The van der Waals surface area contributed by atoms with Crippen LogP contribution < -0.4 is 10.9 Å². The second kappa shape index (κ2) is 11.2. The third-order valence-corrected chi connectivity index (χ3v) is 10.6. The number of hydrogen-bond acceptors (Lipinski definition) is 2. The summed E-state index contributed by atoms with van der Waals surface area (Å²) in [7, 11) is 0. The average molecular weight is 744 g/mol. The maximum atomic E-state index is 13.7. The molecule has 0 spiro atoms. The van der Waals surface area contributed by atoms with Gasteiger partial charge in [-0.05, 0) is 90.3 Å². The molecule has 0 radical (unpaired) electrons. The summed E-state index contributed by atoms with van der Waals surface area (Å²) in [6, 6.07) is 49.8. The van der Waals surface area contributed by atoms with E-state index in [4.69, 9.17) is 0 Å². The zero-order chi connectivity index (χ0) is 32.5. The van der Waals surface area contributed by atoms with Crippen LogP contribution in [0.15, 0.2) is 164 Å². The van der Waals surface area contributed by atoms with Gasteiger partial charge in [-0.25, -0.2) is 0 Å². The summed E-state index contributed by atoms with van der Waals surface area (Å²) in [5.41, 5.74) is 7.75. The molecule has 0 saturated heterocycles. The molecular weight excluding hydrogens is 720 g/mol. The molecule has 226 valence electrons. The van der Waals surface area contributed by atoms with Crippen molar-refractivity contribution in [3.63, 3.8) is 0 Å². The van der Waals surface area contributed by atoms with Crippen molar-refractivity contribution in [2.75, 3.05) is 0 Å².